The maximum atomic E-state index is 8.97. The lowest BCUT2D eigenvalue weighted by Crippen LogP contribution is -2.43. The molecule has 0 spiro atoms. The van der Waals surface area contributed by atoms with Gasteiger partial charge in [-0.15, -0.1) is 0 Å². The average molecular weight is 286 g/mol. The first-order valence-electron chi connectivity index (χ1n) is 5.92. The SMILES string of the molecule is COC1=CC(=[N+]=[N-])C(OC)C=C1N1CCOCC1Cl. The van der Waals surface area contributed by atoms with Crippen LogP contribution in [0.15, 0.2) is 23.6 Å². The third kappa shape index (κ3) is 2.82. The lowest BCUT2D eigenvalue weighted by Gasteiger charge is -2.36. The first kappa shape index (κ1) is 14.1. The Hall–Kier alpha value is -1.33. The number of halogens is 1. The fraction of sp³-hybridized carbons (Fsp3) is 0.583. The van der Waals surface area contributed by atoms with Crippen LogP contribution in [0.4, 0.5) is 0 Å². The minimum atomic E-state index is -0.425. The molecule has 0 aromatic carbocycles. The van der Waals surface area contributed by atoms with Crippen molar-refractivity contribution >= 4 is 17.3 Å². The van der Waals surface area contributed by atoms with Gasteiger partial charge in [0.15, 0.2) is 6.10 Å². The number of hydrogen-bond acceptors (Lipinski definition) is 4. The normalized spacial score (nSPS) is 27.5. The molecule has 1 aliphatic heterocycles. The van der Waals surface area contributed by atoms with E-state index in [-0.39, 0.29) is 5.50 Å². The van der Waals surface area contributed by atoms with Crippen LogP contribution in [0.2, 0.25) is 0 Å². The Morgan fingerprint density at radius 1 is 1.53 bits per heavy atom. The summed E-state index contributed by atoms with van der Waals surface area (Å²) in [5.41, 5.74) is 9.93. The van der Waals surface area contributed by atoms with Crippen molar-refractivity contribution in [2.45, 2.75) is 11.6 Å². The minimum absolute atomic E-state index is 0.260. The zero-order valence-electron chi connectivity index (χ0n) is 10.9. The quantitative estimate of drug-likeness (QED) is 0.336. The van der Waals surface area contributed by atoms with E-state index in [0.29, 0.717) is 31.2 Å². The van der Waals surface area contributed by atoms with Crippen molar-refractivity contribution < 1.29 is 19.0 Å². The van der Waals surface area contributed by atoms with E-state index >= 15 is 0 Å². The van der Waals surface area contributed by atoms with E-state index in [2.05, 4.69) is 4.79 Å². The van der Waals surface area contributed by atoms with Crippen molar-refractivity contribution in [2.75, 3.05) is 34.0 Å². The molecule has 1 heterocycles. The van der Waals surface area contributed by atoms with Crippen molar-refractivity contribution in [1.29, 1.82) is 0 Å². The zero-order valence-corrected chi connectivity index (χ0v) is 11.6. The molecule has 1 fully saturated rings. The Morgan fingerprint density at radius 2 is 2.32 bits per heavy atom. The summed E-state index contributed by atoms with van der Waals surface area (Å²) < 4.78 is 15.9. The van der Waals surface area contributed by atoms with Gasteiger partial charge >= 0.3 is 5.71 Å². The molecule has 19 heavy (non-hydrogen) atoms. The molecule has 0 amide bonds. The maximum absolute atomic E-state index is 8.97. The second-order valence-electron chi connectivity index (χ2n) is 4.15. The van der Waals surface area contributed by atoms with Crippen LogP contribution in [0.25, 0.3) is 5.53 Å². The predicted molar refractivity (Wildman–Crippen MR) is 69.8 cm³/mol. The first-order valence-corrected chi connectivity index (χ1v) is 6.36. The number of nitrogens with zero attached hydrogens (tertiary/aromatic N) is 3. The van der Waals surface area contributed by atoms with Crippen molar-refractivity contribution in [3.8, 4) is 0 Å². The Balaban J connectivity index is 2.33. The van der Waals surface area contributed by atoms with Gasteiger partial charge in [0, 0.05) is 13.7 Å². The third-order valence-electron chi connectivity index (χ3n) is 3.10. The smallest absolute Gasteiger partial charge is 0.328 e. The van der Waals surface area contributed by atoms with Crippen LogP contribution in [0.5, 0.6) is 0 Å². The van der Waals surface area contributed by atoms with E-state index in [1.807, 2.05) is 11.0 Å². The van der Waals surface area contributed by atoms with Crippen LogP contribution in [0.1, 0.15) is 0 Å². The molecule has 0 aromatic rings. The Bertz CT molecular complexity index is 457. The van der Waals surface area contributed by atoms with E-state index in [4.69, 9.17) is 31.3 Å². The monoisotopic (exact) mass is 285 g/mol. The number of morpholine rings is 1. The first-order chi connectivity index (χ1) is 9.21. The van der Waals surface area contributed by atoms with Gasteiger partial charge in [-0.05, 0) is 6.08 Å². The van der Waals surface area contributed by atoms with Gasteiger partial charge in [0.25, 0.3) is 0 Å². The number of rotatable bonds is 3. The van der Waals surface area contributed by atoms with Crippen LogP contribution >= 0.6 is 11.6 Å². The Kier molecular flexibility index (Phi) is 4.61. The molecule has 2 unspecified atom stereocenters. The molecule has 0 N–H and O–H groups in total. The molecular formula is C12H16ClN3O3. The largest absolute Gasteiger partial charge is 0.494 e. The Morgan fingerprint density at radius 3 is 2.89 bits per heavy atom. The Labute approximate surface area is 116 Å². The van der Waals surface area contributed by atoms with Gasteiger partial charge in [0.05, 0.1) is 32.1 Å². The minimum Gasteiger partial charge on any atom is -0.494 e. The van der Waals surface area contributed by atoms with E-state index in [1.54, 1.807) is 20.3 Å². The second-order valence-corrected chi connectivity index (χ2v) is 4.65. The lowest BCUT2D eigenvalue weighted by atomic mass is 10.0. The maximum Gasteiger partial charge on any atom is 0.328 e. The molecule has 2 atom stereocenters. The van der Waals surface area contributed by atoms with Gasteiger partial charge in [-0.3, -0.25) is 0 Å². The fourth-order valence-electron chi connectivity index (χ4n) is 2.12. The standard InChI is InChI=1S/C12H16ClN3O3/c1-17-10-6-9(11(18-2)5-8(10)15-14)16-3-4-19-7-12(16)13/h5-6,10,12H,3-4,7H2,1-2H3. The van der Waals surface area contributed by atoms with E-state index in [0.717, 1.165) is 5.70 Å². The molecular weight excluding hydrogens is 270 g/mol. The molecule has 6 nitrogen and oxygen atoms in total. The lowest BCUT2D eigenvalue weighted by molar-refractivity contribution is -0.0197. The van der Waals surface area contributed by atoms with Crippen LogP contribution in [-0.4, -0.2) is 61.0 Å². The van der Waals surface area contributed by atoms with Crippen molar-refractivity contribution in [3.05, 3.63) is 29.1 Å². The molecule has 0 saturated carbocycles. The van der Waals surface area contributed by atoms with Gasteiger partial charge < -0.3 is 24.6 Å². The molecule has 1 aliphatic carbocycles. The van der Waals surface area contributed by atoms with Gasteiger partial charge in [0.2, 0.25) is 0 Å². The van der Waals surface area contributed by atoms with Crippen molar-refractivity contribution in [2.24, 2.45) is 0 Å². The molecule has 2 aliphatic rings. The summed E-state index contributed by atoms with van der Waals surface area (Å²) in [4.78, 5) is 5.20. The van der Waals surface area contributed by atoms with E-state index in [9.17, 15) is 0 Å². The molecule has 7 heteroatoms. The summed E-state index contributed by atoms with van der Waals surface area (Å²) in [7, 11) is 3.11. The number of alkyl halides is 1. The van der Waals surface area contributed by atoms with Crippen LogP contribution in [0, 0.1) is 0 Å². The summed E-state index contributed by atoms with van der Waals surface area (Å²) in [5, 5.41) is 0. The highest BCUT2D eigenvalue weighted by Crippen LogP contribution is 2.27. The predicted octanol–water partition coefficient (Wildman–Crippen LogP) is 0.997. The van der Waals surface area contributed by atoms with Crippen LogP contribution < -0.4 is 0 Å². The summed E-state index contributed by atoms with van der Waals surface area (Å²) in [6, 6.07) is 0. The number of methoxy groups -OCH3 is 2. The highest BCUT2D eigenvalue weighted by molar-refractivity contribution is 6.20. The summed E-state index contributed by atoms with van der Waals surface area (Å²) in [5.74, 6) is 0.591. The second kappa shape index (κ2) is 6.21. The van der Waals surface area contributed by atoms with Crippen molar-refractivity contribution in [1.82, 2.24) is 4.90 Å². The molecule has 0 radical (unpaired) electrons. The van der Waals surface area contributed by atoms with E-state index < -0.39 is 6.10 Å². The fourth-order valence-corrected chi connectivity index (χ4v) is 2.41. The van der Waals surface area contributed by atoms with E-state index in [1.165, 1.54) is 0 Å². The van der Waals surface area contributed by atoms with Gasteiger partial charge in [-0.1, -0.05) is 11.6 Å². The molecule has 104 valence electrons. The van der Waals surface area contributed by atoms with Crippen LogP contribution in [0.3, 0.4) is 0 Å². The molecule has 2 rings (SSSR count). The average Bonchev–Trinajstić information content (AvgIpc) is 2.46. The summed E-state index contributed by atoms with van der Waals surface area (Å²) >= 11 is 6.26. The van der Waals surface area contributed by atoms with Gasteiger partial charge in [0.1, 0.15) is 11.3 Å². The van der Waals surface area contributed by atoms with Crippen LogP contribution in [-0.2, 0) is 14.2 Å². The highest BCUT2D eigenvalue weighted by atomic mass is 35.5. The molecule has 1 saturated heterocycles. The topological polar surface area (TPSA) is 67.3 Å². The number of ether oxygens (including phenoxy) is 3. The highest BCUT2D eigenvalue weighted by Gasteiger charge is 2.33. The van der Waals surface area contributed by atoms with Gasteiger partial charge in [-0.25, -0.2) is 0 Å². The van der Waals surface area contributed by atoms with Gasteiger partial charge in [-0.2, -0.15) is 4.79 Å². The zero-order chi connectivity index (χ0) is 13.8. The third-order valence-corrected chi connectivity index (χ3v) is 3.46. The number of hydrogen-bond donors (Lipinski definition) is 0. The molecule has 0 bridgehead atoms. The van der Waals surface area contributed by atoms with Crippen molar-refractivity contribution in [3.63, 3.8) is 0 Å². The summed E-state index contributed by atoms with van der Waals surface area (Å²) in [6.07, 6.45) is 3.04. The molecule has 0 aromatic heterocycles. The summed E-state index contributed by atoms with van der Waals surface area (Å²) in [6.45, 7) is 1.73.